The van der Waals surface area contributed by atoms with Gasteiger partial charge in [-0.2, -0.15) is 13.2 Å². The van der Waals surface area contributed by atoms with E-state index < -0.39 is 17.8 Å². The molecule has 1 heterocycles. The zero-order valence-corrected chi connectivity index (χ0v) is 14.7. The normalized spacial score (nSPS) is 11.9. The van der Waals surface area contributed by atoms with Crippen molar-refractivity contribution in [2.24, 2.45) is 5.73 Å². The largest absolute Gasteiger partial charge is 0.482 e. The zero-order chi connectivity index (χ0) is 16.2. The lowest BCUT2D eigenvalue weighted by atomic mass is 10.1. The second-order valence-electron chi connectivity index (χ2n) is 4.58. The van der Waals surface area contributed by atoms with E-state index in [0.29, 0.717) is 18.7 Å². The van der Waals surface area contributed by atoms with Crippen LogP contribution in [0.15, 0.2) is 42.6 Å². The molecular weight excluding hydrogens is 388 g/mol. The highest BCUT2D eigenvalue weighted by Gasteiger charge is 2.31. The zero-order valence-electron chi connectivity index (χ0n) is 12.3. The van der Waals surface area contributed by atoms with E-state index in [1.807, 2.05) is 0 Å². The fourth-order valence-electron chi connectivity index (χ4n) is 1.91. The first-order valence-electron chi connectivity index (χ1n) is 6.56. The van der Waals surface area contributed by atoms with Gasteiger partial charge in [0.1, 0.15) is 11.9 Å². The summed E-state index contributed by atoms with van der Waals surface area (Å²) in [7, 11) is 0. The number of aromatic nitrogens is 1. The number of hydrogen-bond donors (Lipinski definition) is 1. The topological polar surface area (TPSA) is 48.1 Å². The summed E-state index contributed by atoms with van der Waals surface area (Å²) in [4.78, 5) is 4.15. The van der Waals surface area contributed by atoms with E-state index in [1.54, 1.807) is 24.4 Å². The third-order valence-corrected chi connectivity index (χ3v) is 3.29. The summed E-state index contributed by atoms with van der Waals surface area (Å²) in [6, 6.07) is 8.19. The van der Waals surface area contributed by atoms with E-state index in [9.17, 15) is 13.2 Å². The van der Waals surface area contributed by atoms with Gasteiger partial charge in [-0.15, -0.1) is 24.8 Å². The van der Waals surface area contributed by atoms with Crippen molar-refractivity contribution in [3.05, 3.63) is 58.9 Å². The number of benzene rings is 1. The third kappa shape index (κ3) is 6.02. The maximum Gasteiger partial charge on any atom is 0.416 e. The molecule has 0 radical (unpaired) electrons. The van der Waals surface area contributed by atoms with Gasteiger partial charge in [0.25, 0.3) is 0 Å². The van der Waals surface area contributed by atoms with Crippen molar-refractivity contribution in [2.45, 2.75) is 18.7 Å². The van der Waals surface area contributed by atoms with E-state index in [2.05, 4.69) is 4.98 Å². The van der Waals surface area contributed by atoms with Crippen LogP contribution in [-0.4, -0.2) is 11.5 Å². The van der Waals surface area contributed by atoms with Gasteiger partial charge in [-0.05, 0) is 36.9 Å². The number of hydrogen-bond acceptors (Lipinski definition) is 3. The number of rotatable bonds is 5. The van der Waals surface area contributed by atoms with E-state index in [4.69, 9.17) is 22.1 Å². The molecule has 0 spiro atoms. The van der Waals surface area contributed by atoms with Crippen molar-refractivity contribution in [1.29, 1.82) is 0 Å². The first-order chi connectivity index (χ1) is 10.4. The second-order valence-corrected chi connectivity index (χ2v) is 4.99. The number of nitrogens with two attached hydrogens (primary N) is 1. The monoisotopic (exact) mass is 402 g/mol. The van der Waals surface area contributed by atoms with Crippen LogP contribution in [0.1, 0.15) is 23.8 Å². The molecule has 0 unspecified atom stereocenters. The summed E-state index contributed by atoms with van der Waals surface area (Å²) in [5, 5.41) is 0.103. The minimum absolute atomic E-state index is 0. The molecule has 9 heteroatoms. The third-order valence-electron chi connectivity index (χ3n) is 2.97. The van der Waals surface area contributed by atoms with Crippen LogP contribution in [0.25, 0.3) is 0 Å². The smallest absolute Gasteiger partial charge is 0.416 e. The molecule has 0 fully saturated rings. The van der Waals surface area contributed by atoms with Crippen molar-refractivity contribution in [3.8, 4) is 5.75 Å². The van der Waals surface area contributed by atoms with E-state index >= 15 is 0 Å². The Labute approximate surface area is 155 Å². The van der Waals surface area contributed by atoms with Crippen LogP contribution in [0.3, 0.4) is 0 Å². The fourth-order valence-corrected chi connectivity index (χ4v) is 2.07. The maximum atomic E-state index is 12.8. The molecule has 0 aliphatic heterocycles. The molecule has 1 atom stereocenters. The average molecular weight is 404 g/mol. The molecule has 0 saturated heterocycles. The van der Waals surface area contributed by atoms with E-state index in [0.717, 1.165) is 18.2 Å². The summed E-state index contributed by atoms with van der Waals surface area (Å²) >= 11 is 5.93. The molecule has 0 aliphatic rings. The summed E-state index contributed by atoms with van der Waals surface area (Å²) in [6.45, 7) is 0.303. The van der Waals surface area contributed by atoms with Gasteiger partial charge in [-0.25, -0.2) is 0 Å². The van der Waals surface area contributed by atoms with Crippen molar-refractivity contribution in [3.63, 3.8) is 0 Å². The Morgan fingerprint density at radius 1 is 1.17 bits per heavy atom. The Morgan fingerprint density at radius 2 is 1.88 bits per heavy atom. The molecule has 2 aromatic rings. The van der Waals surface area contributed by atoms with Crippen molar-refractivity contribution in [2.75, 3.05) is 6.54 Å². The molecular formula is C15H16Cl3F3N2O. The first-order valence-corrected chi connectivity index (χ1v) is 6.94. The molecule has 3 nitrogen and oxygen atoms in total. The number of nitrogens with zero attached hydrogens (tertiary/aromatic N) is 1. The standard InChI is InChI=1S/C15H14ClF3N2O.2ClH/c16-11-5-4-10(15(17,18)19)9-14(11)22-13(6-7-20)12-3-1-2-8-21-12;;/h1-5,8-9,13H,6-7,20H2;2*1H/t13-;;/m1../s1. The lowest BCUT2D eigenvalue weighted by Gasteiger charge is -2.19. The number of pyridine rings is 1. The SMILES string of the molecule is Cl.Cl.NCC[C@@H](Oc1cc(C(F)(F)F)ccc1Cl)c1ccccn1. The van der Waals surface area contributed by atoms with Gasteiger partial charge < -0.3 is 10.5 Å². The minimum atomic E-state index is -4.46. The Hall–Kier alpha value is -1.21. The molecule has 2 rings (SSSR count). The molecule has 2 N–H and O–H groups in total. The predicted octanol–water partition coefficient (Wildman–Crippen LogP) is 5.07. The molecule has 134 valence electrons. The van der Waals surface area contributed by atoms with Crippen molar-refractivity contribution < 1.29 is 17.9 Å². The minimum Gasteiger partial charge on any atom is -0.482 e. The van der Waals surface area contributed by atoms with Crippen LogP contribution in [0.4, 0.5) is 13.2 Å². The van der Waals surface area contributed by atoms with Crippen LogP contribution in [-0.2, 0) is 6.18 Å². The van der Waals surface area contributed by atoms with Crippen LogP contribution < -0.4 is 10.5 Å². The lowest BCUT2D eigenvalue weighted by molar-refractivity contribution is -0.137. The van der Waals surface area contributed by atoms with Gasteiger partial charge in [0.15, 0.2) is 0 Å². The molecule has 1 aromatic heterocycles. The number of alkyl halides is 3. The van der Waals surface area contributed by atoms with Crippen molar-refractivity contribution in [1.82, 2.24) is 4.98 Å². The molecule has 24 heavy (non-hydrogen) atoms. The highest BCUT2D eigenvalue weighted by molar-refractivity contribution is 6.32. The Morgan fingerprint density at radius 3 is 2.42 bits per heavy atom. The summed E-state index contributed by atoms with van der Waals surface area (Å²) in [5.74, 6) is -0.0411. The molecule has 0 bridgehead atoms. The van der Waals surface area contributed by atoms with E-state index in [1.165, 1.54) is 0 Å². The van der Waals surface area contributed by atoms with E-state index in [-0.39, 0.29) is 35.6 Å². The molecule has 1 aromatic carbocycles. The van der Waals surface area contributed by atoms with Crippen LogP contribution in [0, 0.1) is 0 Å². The summed E-state index contributed by atoms with van der Waals surface area (Å²) < 4.78 is 44.0. The highest BCUT2D eigenvalue weighted by atomic mass is 35.5. The quantitative estimate of drug-likeness (QED) is 0.758. The second kappa shape index (κ2) is 9.93. The van der Waals surface area contributed by atoms with Crippen LogP contribution in [0.2, 0.25) is 5.02 Å². The van der Waals surface area contributed by atoms with Gasteiger partial charge in [-0.3, -0.25) is 4.98 Å². The lowest BCUT2D eigenvalue weighted by Crippen LogP contribution is -2.15. The molecule has 0 aliphatic carbocycles. The number of halogens is 6. The Kier molecular flexibility index (Phi) is 9.43. The maximum absolute atomic E-state index is 12.8. The van der Waals surface area contributed by atoms with Gasteiger partial charge in [0.05, 0.1) is 16.3 Å². The van der Waals surface area contributed by atoms with Gasteiger partial charge in [0.2, 0.25) is 0 Å². The van der Waals surface area contributed by atoms with Crippen LogP contribution in [0.5, 0.6) is 5.75 Å². The first kappa shape index (κ1) is 22.8. The highest BCUT2D eigenvalue weighted by Crippen LogP contribution is 2.36. The van der Waals surface area contributed by atoms with Crippen LogP contribution >= 0.6 is 36.4 Å². The Balaban J connectivity index is 0.00000264. The summed E-state index contributed by atoms with van der Waals surface area (Å²) in [5.41, 5.74) is 5.30. The molecule has 0 amide bonds. The summed E-state index contributed by atoms with van der Waals surface area (Å²) in [6.07, 6.45) is -3.04. The predicted molar refractivity (Wildman–Crippen MR) is 92.2 cm³/mol. The average Bonchev–Trinajstić information content (AvgIpc) is 2.48. The fraction of sp³-hybridized carbons (Fsp3) is 0.267. The number of ether oxygens (including phenoxy) is 1. The van der Waals surface area contributed by atoms with Gasteiger partial charge >= 0.3 is 6.18 Å². The van der Waals surface area contributed by atoms with Gasteiger partial charge in [0, 0.05) is 12.6 Å². The van der Waals surface area contributed by atoms with Crippen molar-refractivity contribution >= 4 is 36.4 Å². The van der Waals surface area contributed by atoms with Gasteiger partial charge in [-0.1, -0.05) is 17.7 Å². The molecule has 0 saturated carbocycles. The Bertz CT molecular complexity index is 627.